The highest BCUT2D eigenvalue weighted by atomic mass is 32.1. The van der Waals surface area contributed by atoms with Gasteiger partial charge in [0.05, 0.1) is 17.5 Å². The maximum absolute atomic E-state index is 13.8. The molecule has 4 aromatic rings. The molecule has 4 rings (SSSR count). The predicted molar refractivity (Wildman–Crippen MR) is 102 cm³/mol. The van der Waals surface area contributed by atoms with E-state index in [1.807, 2.05) is 24.7 Å². The molecule has 0 radical (unpaired) electrons. The number of ether oxygens (including phenoxy) is 2. The van der Waals surface area contributed by atoms with E-state index in [9.17, 15) is 4.39 Å². The zero-order valence-corrected chi connectivity index (χ0v) is 15.7. The fourth-order valence-electron chi connectivity index (χ4n) is 2.86. The first-order chi connectivity index (χ1) is 13.2. The second kappa shape index (κ2) is 7.42. The highest BCUT2D eigenvalue weighted by molar-refractivity contribution is 7.17. The van der Waals surface area contributed by atoms with E-state index in [1.54, 1.807) is 35.4 Å². The van der Waals surface area contributed by atoms with Gasteiger partial charge >= 0.3 is 0 Å². The largest absolute Gasteiger partial charge is 0.490 e. The van der Waals surface area contributed by atoms with Gasteiger partial charge in [0.1, 0.15) is 29.6 Å². The zero-order chi connectivity index (χ0) is 18.8. The van der Waals surface area contributed by atoms with Gasteiger partial charge in [0, 0.05) is 42.9 Å². The third kappa shape index (κ3) is 3.41. The summed E-state index contributed by atoms with van der Waals surface area (Å²) in [6.45, 7) is 0.734. The molecule has 138 valence electrons. The molecular weight excluding hydrogens is 367 g/mol. The van der Waals surface area contributed by atoms with Crippen LogP contribution in [-0.2, 0) is 11.8 Å². The maximum atomic E-state index is 13.8. The molecule has 0 amide bonds. The van der Waals surface area contributed by atoms with Crippen LogP contribution < -0.4 is 4.74 Å². The van der Waals surface area contributed by atoms with Crippen molar-refractivity contribution in [2.75, 3.05) is 20.3 Å². The SMILES string of the molecule is COCCOc1cc(F)ccc1-c1nnc(-c2cnn(C)c2)c2ccsc12. The summed E-state index contributed by atoms with van der Waals surface area (Å²) in [4.78, 5) is 0. The fourth-order valence-corrected chi connectivity index (χ4v) is 3.75. The van der Waals surface area contributed by atoms with Crippen molar-refractivity contribution in [2.45, 2.75) is 0 Å². The second-order valence-electron chi connectivity index (χ2n) is 5.95. The average Bonchev–Trinajstić information content (AvgIpc) is 3.31. The molecular formula is C19H17FN4O2S. The summed E-state index contributed by atoms with van der Waals surface area (Å²) in [5.74, 6) is 0.0544. The van der Waals surface area contributed by atoms with Crippen molar-refractivity contribution in [3.8, 4) is 28.3 Å². The van der Waals surface area contributed by atoms with Gasteiger partial charge in [0.2, 0.25) is 0 Å². The Bertz CT molecular complexity index is 1090. The van der Waals surface area contributed by atoms with E-state index in [1.165, 1.54) is 12.1 Å². The minimum Gasteiger partial charge on any atom is -0.490 e. The highest BCUT2D eigenvalue weighted by Gasteiger charge is 2.18. The van der Waals surface area contributed by atoms with Gasteiger partial charge in [-0.3, -0.25) is 4.68 Å². The van der Waals surface area contributed by atoms with E-state index < -0.39 is 0 Å². The van der Waals surface area contributed by atoms with Gasteiger partial charge in [-0.2, -0.15) is 5.10 Å². The molecule has 0 N–H and O–H groups in total. The molecule has 27 heavy (non-hydrogen) atoms. The summed E-state index contributed by atoms with van der Waals surface area (Å²) in [5, 5.41) is 16.1. The van der Waals surface area contributed by atoms with Crippen molar-refractivity contribution in [3.63, 3.8) is 0 Å². The van der Waals surface area contributed by atoms with Crippen LogP contribution in [0.4, 0.5) is 4.39 Å². The topological polar surface area (TPSA) is 62.1 Å². The van der Waals surface area contributed by atoms with Gasteiger partial charge in [-0.15, -0.1) is 21.5 Å². The smallest absolute Gasteiger partial charge is 0.131 e. The lowest BCUT2D eigenvalue weighted by molar-refractivity contribution is 0.146. The Balaban J connectivity index is 1.83. The Morgan fingerprint density at radius 1 is 1.15 bits per heavy atom. The van der Waals surface area contributed by atoms with E-state index in [0.717, 1.165) is 21.3 Å². The average molecular weight is 384 g/mol. The van der Waals surface area contributed by atoms with Gasteiger partial charge in [-0.05, 0) is 23.6 Å². The van der Waals surface area contributed by atoms with Gasteiger partial charge in [0.25, 0.3) is 0 Å². The van der Waals surface area contributed by atoms with Crippen LogP contribution in [0.2, 0.25) is 0 Å². The number of nitrogens with zero attached hydrogens (tertiary/aromatic N) is 4. The molecule has 3 aromatic heterocycles. The van der Waals surface area contributed by atoms with E-state index in [2.05, 4.69) is 15.3 Å². The first-order valence-corrected chi connectivity index (χ1v) is 9.20. The molecule has 0 aliphatic rings. The maximum Gasteiger partial charge on any atom is 0.131 e. The number of aryl methyl sites for hydroxylation is 1. The van der Waals surface area contributed by atoms with Crippen molar-refractivity contribution >= 4 is 21.4 Å². The molecule has 0 saturated carbocycles. The number of thiophene rings is 1. The molecule has 0 aliphatic carbocycles. The molecule has 0 unspecified atom stereocenters. The molecule has 8 heteroatoms. The number of benzene rings is 1. The summed E-state index contributed by atoms with van der Waals surface area (Å²) in [6, 6.07) is 6.44. The molecule has 0 aliphatic heterocycles. The van der Waals surface area contributed by atoms with Crippen LogP contribution in [0.5, 0.6) is 5.75 Å². The lowest BCUT2D eigenvalue weighted by Gasteiger charge is -2.12. The van der Waals surface area contributed by atoms with Crippen molar-refractivity contribution in [3.05, 3.63) is 47.9 Å². The van der Waals surface area contributed by atoms with Gasteiger partial charge in [-0.1, -0.05) is 0 Å². The number of rotatable bonds is 6. The molecule has 0 atom stereocenters. The number of fused-ring (bicyclic) bond motifs is 1. The third-order valence-corrected chi connectivity index (χ3v) is 5.03. The van der Waals surface area contributed by atoms with Crippen LogP contribution in [0, 0.1) is 5.82 Å². The normalized spacial score (nSPS) is 11.2. The molecule has 0 bridgehead atoms. The fraction of sp³-hybridized carbons (Fsp3) is 0.211. The second-order valence-corrected chi connectivity index (χ2v) is 6.86. The van der Waals surface area contributed by atoms with Crippen molar-refractivity contribution in [2.24, 2.45) is 7.05 Å². The molecule has 0 saturated heterocycles. The molecule has 6 nitrogen and oxygen atoms in total. The van der Waals surface area contributed by atoms with Crippen LogP contribution >= 0.6 is 11.3 Å². The predicted octanol–water partition coefficient (Wildman–Crippen LogP) is 3.92. The zero-order valence-electron chi connectivity index (χ0n) is 14.8. The molecule has 1 aromatic carbocycles. The third-order valence-electron chi connectivity index (χ3n) is 4.11. The quantitative estimate of drug-likeness (QED) is 0.472. The molecule has 0 fully saturated rings. The summed E-state index contributed by atoms with van der Waals surface area (Å²) in [5.41, 5.74) is 3.04. The Kier molecular flexibility index (Phi) is 4.83. The lowest BCUT2D eigenvalue weighted by Crippen LogP contribution is -2.06. The number of hydrogen-bond donors (Lipinski definition) is 0. The first-order valence-electron chi connectivity index (χ1n) is 8.32. The van der Waals surface area contributed by atoms with Crippen LogP contribution in [0.1, 0.15) is 0 Å². The molecule has 3 heterocycles. The van der Waals surface area contributed by atoms with Crippen LogP contribution in [0.15, 0.2) is 42.0 Å². The Morgan fingerprint density at radius 3 is 2.78 bits per heavy atom. The minimum atomic E-state index is -0.367. The Labute approximate surface area is 159 Å². The number of aromatic nitrogens is 4. The highest BCUT2D eigenvalue weighted by Crippen LogP contribution is 2.39. The van der Waals surface area contributed by atoms with Gasteiger partial charge < -0.3 is 9.47 Å². The molecule has 0 spiro atoms. The summed E-state index contributed by atoms with van der Waals surface area (Å²) >= 11 is 1.56. The number of hydrogen-bond acceptors (Lipinski definition) is 6. The van der Waals surface area contributed by atoms with Crippen molar-refractivity contribution in [1.29, 1.82) is 0 Å². The minimum absolute atomic E-state index is 0.321. The summed E-state index contributed by atoms with van der Waals surface area (Å²) in [6.07, 6.45) is 3.66. The Morgan fingerprint density at radius 2 is 2.00 bits per heavy atom. The van der Waals surface area contributed by atoms with Crippen molar-refractivity contribution in [1.82, 2.24) is 20.0 Å². The van der Waals surface area contributed by atoms with Crippen LogP contribution in [-0.4, -0.2) is 40.3 Å². The Hall–Kier alpha value is -2.84. The van der Waals surface area contributed by atoms with E-state index >= 15 is 0 Å². The summed E-state index contributed by atoms with van der Waals surface area (Å²) < 4.78 is 27.2. The number of methoxy groups -OCH3 is 1. The summed E-state index contributed by atoms with van der Waals surface area (Å²) in [7, 11) is 3.45. The van der Waals surface area contributed by atoms with E-state index in [-0.39, 0.29) is 5.82 Å². The van der Waals surface area contributed by atoms with Crippen LogP contribution in [0.3, 0.4) is 0 Å². The van der Waals surface area contributed by atoms with E-state index in [4.69, 9.17) is 9.47 Å². The van der Waals surface area contributed by atoms with E-state index in [0.29, 0.717) is 30.2 Å². The monoisotopic (exact) mass is 384 g/mol. The van der Waals surface area contributed by atoms with Gasteiger partial charge in [0.15, 0.2) is 0 Å². The van der Waals surface area contributed by atoms with Crippen molar-refractivity contribution < 1.29 is 13.9 Å². The first kappa shape index (κ1) is 17.6. The lowest BCUT2D eigenvalue weighted by atomic mass is 10.1. The van der Waals surface area contributed by atoms with Crippen LogP contribution in [0.25, 0.3) is 32.6 Å². The standard InChI is InChI=1S/C19H17FN4O2S/c1-24-11-12(10-21-24)17-15-5-8-27-19(15)18(23-22-17)14-4-3-13(20)9-16(14)26-7-6-25-2/h3-5,8-11H,6-7H2,1-2H3. The van der Waals surface area contributed by atoms with Gasteiger partial charge in [-0.25, -0.2) is 4.39 Å². The number of halogens is 1.